The van der Waals surface area contributed by atoms with Crippen LogP contribution in [0, 0.1) is 0 Å². The average Bonchev–Trinajstić information content (AvgIpc) is 3.19. The van der Waals surface area contributed by atoms with E-state index in [2.05, 4.69) is 16.2 Å². The Balaban J connectivity index is 1.84. The maximum absolute atomic E-state index is 12.1. The van der Waals surface area contributed by atoms with E-state index in [4.69, 9.17) is 9.47 Å². The fourth-order valence-electron chi connectivity index (χ4n) is 1.98. The summed E-state index contributed by atoms with van der Waals surface area (Å²) in [6.45, 7) is 2.05. The summed E-state index contributed by atoms with van der Waals surface area (Å²) in [5.41, 5.74) is 4.80. The molecule has 2 rings (SSSR count). The molecule has 0 fully saturated rings. The van der Waals surface area contributed by atoms with Gasteiger partial charge in [0.25, 0.3) is 17.7 Å². The smallest absolute Gasteiger partial charge is 0.269 e. The number of benzene rings is 1. The summed E-state index contributed by atoms with van der Waals surface area (Å²) in [6.07, 6.45) is 0. The van der Waals surface area contributed by atoms with E-state index in [0.29, 0.717) is 23.0 Å². The topological polar surface area (TPSA) is 106 Å². The van der Waals surface area contributed by atoms with E-state index in [1.807, 2.05) is 6.92 Å². The highest BCUT2D eigenvalue weighted by atomic mass is 32.1. The number of hydrogen-bond donors (Lipinski definition) is 3. The molecule has 0 bridgehead atoms. The van der Waals surface area contributed by atoms with Gasteiger partial charge in [0.2, 0.25) is 0 Å². The summed E-state index contributed by atoms with van der Waals surface area (Å²) in [5.74, 6) is -0.496. The number of rotatable bonds is 7. The largest absolute Gasteiger partial charge is 0.493 e. The van der Waals surface area contributed by atoms with Crippen LogP contribution < -0.4 is 25.6 Å². The Hall–Kier alpha value is -3.07. The zero-order valence-electron chi connectivity index (χ0n) is 14.3. The zero-order valence-corrected chi connectivity index (χ0v) is 15.1. The third kappa shape index (κ3) is 5.21. The van der Waals surface area contributed by atoms with Gasteiger partial charge in [0.05, 0.1) is 25.1 Å². The normalized spacial score (nSPS) is 9.92. The van der Waals surface area contributed by atoms with Gasteiger partial charge in [-0.2, -0.15) is 0 Å². The first-order valence-corrected chi connectivity index (χ1v) is 8.64. The highest BCUT2D eigenvalue weighted by Crippen LogP contribution is 2.27. The minimum absolute atomic E-state index is 0.260. The van der Waals surface area contributed by atoms with Crippen LogP contribution in [0.15, 0.2) is 35.7 Å². The molecule has 2 aromatic rings. The molecule has 0 aliphatic rings. The molecule has 26 heavy (non-hydrogen) atoms. The number of hydrazine groups is 1. The van der Waals surface area contributed by atoms with Gasteiger partial charge < -0.3 is 14.8 Å². The molecular weight excluding hydrogens is 358 g/mol. The van der Waals surface area contributed by atoms with Gasteiger partial charge in [-0.05, 0) is 36.6 Å². The molecular formula is C17H19N3O5S. The van der Waals surface area contributed by atoms with Crippen LogP contribution in [0.25, 0.3) is 0 Å². The molecule has 1 aromatic heterocycles. The monoisotopic (exact) mass is 377 g/mol. The van der Waals surface area contributed by atoms with E-state index in [-0.39, 0.29) is 18.0 Å². The van der Waals surface area contributed by atoms with E-state index in [9.17, 15) is 14.4 Å². The first-order valence-electron chi connectivity index (χ1n) is 7.76. The van der Waals surface area contributed by atoms with Gasteiger partial charge in [-0.1, -0.05) is 6.07 Å². The van der Waals surface area contributed by atoms with Crippen molar-refractivity contribution < 1.29 is 23.9 Å². The molecule has 3 N–H and O–H groups in total. The third-order valence-electron chi connectivity index (χ3n) is 3.20. The van der Waals surface area contributed by atoms with Crippen LogP contribution in [0.2, 0.25) is 0 Å². The molecule has 8 nitrogen and oxygen atoms in total. The van der Waals surface area contributed by atoms with Crippen molar-refractivity contribution in [1.29, 1.82) is 0 Å². The van der Waals surface area contributed by atoms with Crippen molar-refractivity contribution in [1.82, 2.24) is 16.2 Å². The molecule has 0 saturated carbocycles. The minimum Gasteiger partial charge on any atom is -0.493 e. The minimum atomic E-state index is -0.554. The van der Waals surface area contributed by atoms with Gasteiger partial charge in [-0.25, -0.2) is 0 Å². The molecule has 0 aliphatic carbocycles. The fourth-order valence-corrected chi connectivity index (χ4v) is 2.62. The second kappa shape index (κ2) is 9.42. The van der Waals surface area contributed by atoms with Crippen molar-refractivity contribution in [3.8, 4) is 11.5 Å². The molecule has 0 atom stereocenters. The molecule has 138 valence electrons. The maximum Gasteiger partial charge on any atom is 0.269 e. The second-order valence-corrected chi connectivity index (χ2v) is 5.91. The number of ether oxygens (including phenoxy) is 2. The van der Waals surface area contributed by atoms with Crippen molar-refractivity contribution in [3.63, 3.8) is 0 Å². The fraction of sp³-hybridized carbons (Fsp3) is 0.235. The van der Waals surface area contributed by atoms with Crippen LogP contribution in [-0.4, -0.2) is 38.0 Å². The quantitative estimate of drug-likeness (QED) is 0.632. The number of methoxy groups -OCH3 is 1. The van der Waals surface area contributed by atoms with Crippen molar-refractivity contribution in [2.75, 3.05) is 20.3 Å². The van der Waals surface area contributed by atoms with E-state index >= 15 is 0 Å². The van der Waals surface area contributed by atoms with E-state index in [1.165, 1.54) is 24.5 Å². The van der Waals surface area contributed by atoms with Crippen LogP contribution >= 0.6 is 11.3 Å². The standard InChI is InChI=1S/C17H19N3O5S/c1-3-25-12-7-6-11(9-13(12)24-2)16(22)20-19-15(21)10-18-17(23)14-5-4-8-26-14/h4-9H,3,10H2,1-2H3,(H,18,23)(H,19,21)(H,20,22). The number of amides is 3. The van der Waals surface area contributed by atoms with Gasteiger partial charge in [0.15, 0.2) is 11.5 Å². The Bertz CT molecular complexity index is 777. The number of hydrogen-bond acceptors (Lipinski definition) is 6. The van der Waals surface area contributed by atoms with Crippen LogP contribution in [0.4, 0.5) is 0 Å². The van der Waals surface area contributed by atoms with Gasteiger partial charge >= 0.3 is 0 Å². The highest BCUT2D eigenvalue weighted by molar-refractivity contribution is 7.12. The first kappa shape index (κ1) is 19.3. The molecule has 1 heterocycles. The Kier molecular flexibility index (Phi) is 6.98. The molecule has 0 unspecified atom stereocenters. The molecule has 1 aromatic carbocycles. The van der Waals surface area contributed by atoms with Gasteiger partial charge in [-0.15, -0.1) is 11.3 Å². The molecule has 3 amide bonds. The Morgan fingerprint density at radius 3 is 2.54 bits per heavy atom. The SMILES string of the molecule is CCOc1ccc(C(=O)NNC(=O)CNC(=O)c2cccs2)cc1OC. The molecule has 0 radical (unpaired) electrons. The Labute approximate surface area is 154 Å². The lowest BCUT2D eigenvalue weighted by Crippen LogP contribution is -2.46. The second-order valence-electron chi connectivity index (χ2n) is 4.96. The van der Waals surface area contributed by atoms with Gasteiger partial charge in [0.1, 0.15) is 0 Å². The Morgan fingerprint density at radius 1 is 1.08 bits per heavy atom. The lowest BCUT2D eigenvalue weighted by Gasteiger charge is -2.11. The summed E-state index contributed by atoms with van der Waals surface area (Å²) < 4.78 is 10.6. The molecule has 0 spiro atoms. The molecule has 0 saturated heterocycles. The van der Waals surface area contributed by atoms with Crippen LogP contribution in [0.5, 0.6) is 11.5 Å². The number of carbonyl (C=O) groups is 3. The predicted octanol–water partition coefficient (Wildman–Crippen LogP) is 1.35. The van der Waals surface area contributed by atoms with Crippen LogP contribution in [-0.2, 0) is 4.79 Å². The van der Waals surface area contributed by atoms with E-state index in [0.717, 1.165) is 0 Å². The van der Waals surface area contributed by atoms with Crippen molar-refractivity contribution in [3.05, 3.63) is 46.2 Å². The summed E-state index contributed by atoms with van der Waals surface area (Å²) in [4.78, 5) is 36.1. The summed E-state index contributed by atoms with van der Waals surface area (Å²) in [5, 5.41) is 4.22. The highest BCUT2D eigenvalue weighted by Gasteiger charge is 2.13. The van der Waals surface area contributed by atoms with Crippen molar-refractivity contribution in [2.45, 2.75) is 6.92 Å². The van der Waals surface area contributed by atoms with E-state index in [1.54, 1.807) is 29.6 Å². The Morgan fingerprint density at radius 2 is 1.88 bits per heavy atom. The lowest BCUT2D eigenvalue weighted by atomic mass is 10.2. The lowest BCUT2D eigenvalue weighted by molar-refractivity contribution is -0.120. The summed E-state index contributed by atoms with van der Waals surface area (Å²) >= 11 is 1.27. The summed E-state index contributed by atoms with van der Waals surface area (Å²) in [6, 6.07) is 8.06. The summed E-state index contributed by atoms with van der Waals surface area (Å²) in [7, 11) is 1.47. The zero-order chi connectivity index (χ0) is 18.9. The van der Waals surface area contributed by atoms with Crippen molar-refractivity contribution >= 4 is 29.1 Å². The van der Waals surface area contributed by atoms with Crippen molar-refractivity contribution in [2.24, 2.45) is 0 Å². The number of thiophene rings is 1. The van der Waals surface area contributed by atoms with Gasteiger partial charge in [-0.3, -0.25) is 25.2 Å². The molecule has 0 aliphatic heterocycles. The van der Waals surface area contributed by atoms with Gasteiger partial charge in [0, 0.05) is 5.56 Å². The van der Waals surface area contributed by atoms with E-state index < -0.39 is 11.8 Å². The molecule has 9 heteroatoms. The number of nitrogens with one attached hydrogen (secondary N) is 3. The maximum atomic E-state index is 12.1. The predicted molar refractivity (Wildman–Crippen MR) is 96.4 cm³/mol. The average molecular weight is 377 g/mol. The third-order valence-corrected chi connectivity index (χ3v) is 4.06. The number of carbonyl (C=O) groups excluding carboxylic acids is 3. The van der Waals surface area contributed by atoms with Crippen LogP contribution in [0.3, 0.4) is 0 Å². The van der Waals surface area contributed by atoms with Crippen LogP contribution in [0.1, 0.15) is 27.0 Å². The first-order chi connectivity index (χ1) is 12.5.